The summed E-state index contributed by atoms with van der Waals surface area (Å²) in [6, 6.07) is 14.5. The SMILES string of the molecule is CCCNC(=O)c1cccc(NCC(=O)Nc2cccc(OCCC(C)C)c2)c1. The van der Waals surface area contributed by atoms with Crippen LogP contribution < -0.4 is 20.7 Å². The normalized spacial score (nSPS) is 10.5. The third kappa shape index (κ3) is 8.25. The van der Waals surface area contributed by atoms with E-state index < -0.39 is 0 Å². The maximum absolute atomic E-state index is 12.3. The Hall–Kier alpha value is -3.02. The lowest BCUT2D eigenvalue weighted by atomic mass is 10.1. The lowest BCUT2D eigenvalue weighted by Gasteiger charge is -2.11. The molecule has 3 N–H and O–H groups in total. The summed E-state index contributed by atoms with van der Waals surface area (Å²) in [5.74, 6) is 1.03. The van der Waals surface area contributed by atoms with Gasteiger partial charge in [-0.1, -0.05) is 32.9 Å². The number of carbonyl (C=O) groups excluding carboxylic acids is 2. The van der Waals surface area contributed by atoms with Gasteiger partial charge in [-0.2, -0.15) is 0 Å². The number of carbonyl (C=O) groups is 2. The summed E-state index contributed by atoms with van der Waals surface area (Å²) >= 11 is 0. The van der Waals surface area contributed by atoms with Gasteiger partial charge >= 0.3 is 0 Å². The standard InChI is InChI=1S/C23H31N3O3/c1-4-12-24-23(28)18-7-5-8-19(14-18)25-16-22(27)26-20-9-6-10-21(15-20)29-13-11-17(2)3/h5-10,14-15,17,25H,4,11-13,16H2,1-3H3,(H,24,28)(H,26,27). The Kier molecular flexibility index (Phi) is 9.02. The first-order valence-electron chi connectivity index (χ1n) is 10.1. The predicted molar refractivity (Wildman–Crippen MR) is 118 cm³/mol. The summed E-state index contributed by atoms with van der Waals surface area (Å²) in [5.41, 5.74) is 1.97. The quantitative estimate of drug-likeness (QED) is 0.528. The third-order valence-corrected chi connectivity index (χ3v) is 4.20. The van der Waals surface area contributed by atoms with Crippen LogP contribution in [0.2, 0.25) is 0 Å². The maximum atomic E-state index is 12.3. The minimum absolute atomic E-state index is 0.0957. The van der Waals surface area contributed by atoms with Crippen molar-refractivity contribution in [1.82, 2.24) is 5.32 Å². The molecule has 29 heavy (non-hydrogen) atoms. The summed E-state index contributed by atoms with van der Waals surface area (Å²) < 4.78 is 5.73. The number of anilines is 2. The van der Waals surface area contributed by atoms with Gasteiger partial charge in [0.1, 0.15) is 5.75 Å². The number of ether oxygens (including phenoxy) is 1. The van der Waals surface area contributed by atoms with Crippen molar-refractivity contribution < 1.29 is 14.3 Å². The van der Waals surface area contributed by atoms with E-state index in [1.807, 2.05) is 37.3 Å². The van der Waals surface area contributed by atoms with E-state index in [0.29, 0.717) is 30.3 Å². The molecule has 2 aromatic rings. The van der Waals surface area contributed by atoms with E-state index in [4.69, 9.17) is 4.74 Å². The second-order valence-electron chi connectivity index (χ2n) is 7.30. The molecule has 2 rings (SSSR count). The van der Waals surface area contributed by atoms with Gasteiger partial charge < -0.3 is 20.7 Å². The van der Waals surface area contributed by atoms with Crippen molar-refractivity contribution in [1.29, 1.82) is 0 Å². The van der Waals surface area contributed by atoms with E-state index in [-0.39, 0.29) is 18.4 Å². The molecule has 0 aliphatic rings. The van der Waals surface area contributed by atoms with Gasteiger partial charge in [0.15, 0.2) is 0 Å². The van der Waals surface area contributed by atoms with Crippen LogP contribution in [-0.2, 0) is 4.79 Å². The molecule has 0 radical (unpaired) electrons. The Balaban J connectivity index is 1.85. The van der Waals surface area contributed by atoms with Crippen molar-refractivity contribution in [2.24, 2.45) is 5.92 Å². The molecule has 0 heterocycles. The first-order valence-corrected chi connectivity index (χ1v) is 10.1. The molecule has 2 aromatic carbocycles. The van der Waals surface area contributed by atoms with Gasteiger partial charge in [0, 0.05) is 29.5 Å². The number of amides is 2. The zero-order valence-corrected chi connectivity index (χ0v) is 17.5. The predicted octanol–water partition coefficient (Wildman–Crippen LogP) is 4.30. The average molecular weight is 398 g/mol. The van der Waals surface area contributed by atoms with Crippen molar-refractivity contribution in [2.75, 3.05) is 30.3 Å². The van der Waals surface area contributed by atoms with Crippen LogP contribution in [0.15, 0.2) is 48.5 Å². The van der Waals surface area contributed by atoms with E-state index in [9.17, 15) is 9.59 Å². The van der Waals surface area contributed by atoms with Crippen LogP contribution in [-0.4, -0.2) is 31.5 Å². The fourth-order valence-electron chi connectivity index (χ4n) is 2.57. The Labute approximate surface area is 173 Å². The smallest absolute Gasteiger partial charge is 0.251 e. The second kappa shape index (κ2) is 11.7. The van der Waals surface area contributed by atoms with Crippen LogP contribution in [0.25, 0.3) is 0 Å². The van der Waals surface area contributed by atoms with Crippen LogP contribution in [0.1, 0.15) is 44.0 Å². The van der Waals surface area contributed by atoms with Gasteiger partial charge in [-0.3, -0.25) is 9.59 Å². The van der Waals surface area contributed by atoms with Crippen LogP contribution in [0.4, 0.5) is 11.4 Å². The molecule has 0 aromatic heterocycles. The first-order chi connectivity index (χ1) is 14.0. The topological polar surface area (TPSA) is 79.5 Å². The molecule has 0 bridgehead atoms. The van der Waals surface area contributed by atoms with E-state index in [2.05, 4.69) is 29.8 Å². The van der Waals surface area contributed by atoms with Crippen molar-refractivity contribution in [3.63, 3.8) is 0 Å². The zero-order chi connectivity index (χ0) is 21.1. The molecule has 0 atom stereocenters. The molecule has 0 saturated heterocycles. The van der Waals surface area contributed by atoms with E-state index in [1.165, 1.54) is 0 Å². The van der Waals surface area contributed by atoms with Crippen molar-refractivity contribution in [3.8, 4) is 5.75 Å². The Morgan fingerprint density at radius 3 is 2.55 bits per heavy atom. The lowest BCUT2D eigenvalue weighted by Crippen LogP contribution is -2.24. The second-order valence-corrected chi connectivity index (χ2v) is 7.30. The minimum atomic E-state index is -0.176. The summed E-state index contributed by atoms with van der Waals surface area (Å²) in [4.78, 5) is 24.3. The highest BCUT2D eigenvalue weighted by Gasteiger charge is 2.07. The Bertz CT molecular complexity index is 805. The van der Waals surface area contributed by atoms with Crippen LogP contribution in [0.5, 0.6) is 5.75 Å². The number of nitrogens with one attached hydrogen (secondary N) is 3. The highest BCUT2D eigenvalue weighted by atomic mass is 16.5. The van der Waals surface area contributed by atoms with Crippen LogP contribution in [0, 0.1) is 5.92 Å². The number of hydrogen-bond donors (Lipinski definition) is 3. The van der Waals surface area contributed by atoms with Crippen molar-refractivity contribution in [3.05, 3.63) is 54.1 Å². The van der Waals surface area contributed by atoms with Gasteiger partial charge in [-0.05, 0) is 49.1 Å². The van der Waals surface area contributed by atoms with Crippen LogP contribution >= 0.6 is 0 Å². The van der Waals surface area contributed by atoms with Gasteiger partial charge in [0.25, 0.3) is 5.91 Å². The van der Waals surface area contributed by atoms with Crippen molar-refractivity contribution in [2.45, 2.75) is 33.6 Å². The van der Waals surface area contributed by atoms with Gasteiger partial charge in [-0.25, -0.2) is 0 Å². The molecule has 156 valence electrons. The van der Waals surface area contributed by atoms with Gasteiger partial charge in [-0.15, -0.1) is 0 Å². The molecule has 0 aliphatic heterocycles. The lowest BCUT2D eigenvalue weighted by molar-refractivity contribution is -0.114. The minimum Gasteiger partial charge on any atom is -0.494 e. The molecule has 0 aliphatic carbocycles. The molecular weight excluding hydrogens is 366 g/mol. The summed E-state index contributed by atoms with van der Waals surface area (Å²) in [5, 5.41) is 8.75. The fraction of sp³-hybridized carbons (Fsp3) is 0.391. The van der Waals surface area contributed by atoms with E-state index >= 15 is 0 Å². The third-order valence-electron chi connectivity index (χ3n) is 4.20. The molecule has 2 amide bonds. The van der Waals surface area contributed by atoms with Gasteiger partial charge in [0.05, 0.1) is 13.2 Å². The molecule has 6 heteroatoms. The zero-order valence-electron chi connectivity index (χ0n) is 17.5. The summed E-state index contributed by atoms with van der Waals surface area (Å²) in [6.07, 6.45) is 1.86. The largest absolute Gasteiger partial charge is 0.494 e. The molecule has 6 nitrogen and oxygen atoms in total. The highest BCUT2D eigenvalue weighted by molar-refractivity contribution is 5.96. The average Bonchev–Trinajstić information content (AvgIpc) is 2.71. The van der Waals surface area contributed by atoms with Gasteiger partial charge in [0.2, 0.25) is 5.91 Å². The van der Waals surface area contributed by atoms with E-state index in [0.717, 1.165) is 24.3 Å². The maximum Gasteiger partial charge on any atom is 0.251 e. The highest BCUT2D eigenvalue weighted by Crippen LogP contribution is 2.18. The molecule has 0 saturated carbocycles. The first kappa shape index (κ1) is 22.3. The molecule has 0 fully saturated rings. The molecular formula is C23H31N3O3. The van der Waals surface area contributed by atoms with Crippen molar-refractivity contribution >= 4 is 23.2 Å². The van der Waals surface area contributed by atoms with E-state index in [1.54, 1.807) is 18.2 Å². The fourth-order valence-corrected chi connectivity index (χ4v) is 2.57. The Morgan fingerprint density at radius 1 is 1.03 bits per heavy atom. The monoisotopic (exact) mass is 397 g/mol. The Morgan fingerprint density at radius 2 is 1.79 bits per heavy atom. The number of benzene rings is 2. The van der Waals surface area contributed by atoms with Crippen LogP contribution in [0.3, 0.4) is 0 Å². The molecule has 0 spiro atoms. The number of hydrogen-bond acceptors (Lipinski definition) is 4. The summed E-state index contributed by atoms with van der Waals surface area (Å²) in [6.45, 7) is 7.70. The summed E-state index contributed by atoms with van der Waals surface area (Å²) in [7, 11) is 0. The number of rotatable bonds is 11. The molecule has 0 unspecified atom stereocenters.